The number of hydrogen-bond donors (Lipinski definition) is 2. The van der Waals surface area contributed by atoms with Crippen LogP contribution < -0.4 is 5.73 Å². The van der Waals surface area contributed by atoms with Gasteiger partial charge in [-0.15, -0.1) is 0 Å². The van der Waals surface area contributed by atoms with Crippen molar-refractivity contribution in [3.05, 3.63) is 72.3 Å². The molecule has 100 valence electrons. The van der Waals surface area contributed by atoms with Crippen LogP contribution in [0.3, 0.4) is 0 Å². The highest BCUT2D eigenvalue weighted by Gasteiger charge is 2.15. The molecule has 0 aliphatic heterocycles. The van der Waals surface area contributed by atoms with Crippen LogP contribution in [0.25, 0.3) is 5.69 Å². The van der Waals surface area contributed by atoms with Crippen LogP contribution in [0.5, 0.6) is 0 Å². The molecule has 0 fully saturated rings. The molecule has 0 spiro atoms. The first-order valence-corrected chi connectivity index (χ1v) is 6.23. The first-order valence-electron chi connectivity index (χ1n) is 6.23. The zero-order chi connectivity index (χ0) is 13.9. The number of hydrogen-bond acceptors (Lipinski definition) is 4. The molecule has 0 aliphatic rings. The van der Waals surface area contributed by atoms with Crippen LogP contribution in [0.4, 0.5) is 5.69 Å². The summed E-state index contributed by atoms with van der Waals surface area (Å²) in [7, 11) is 0. The number of aromatic nitrogens is 3. The first-order chi connectivity index (χ1) is 9.75. The van der Waals surface area contributed by atoms with Gasteiger partial charge in [0.1, 0.15) is 6.10 Å². The summed E-state index contributed by atoms with van der Waals surface area (Å²) in [6.07, 6.45) is 5.75. The van der Waals surface area contributed by atoms with Gasteiger partial charge in [-0.1, -0.05) is 18.2 Å². The molecule has 3 aromatic rings. The summed E-state index contributed by atoms with van der Waals surface area (Å²) >= 11 is 0. The van der Waals surface area contributed by atoms with Crippen LogP contribution in [0.1, 0.15) is 17.2 Å². The number of nitrogen functional groups attached to an aromatic ring is 1. The van der Waals surface area contributed by atoms with E-state index in [2.05, 4.69) is 10.1 Å². The summed E-state index contributed by atoms with van der Waals surface area (Å²) < 4.78 is 1.71. The highest BCUT2D eigenvalue weighted by atomic mass is 16.3. The largest absolute Gasteiger partial charge is 0.398 e. The van der Waals surface area contributed by atoms with Gasteiger partial charge in [0.2, 0.25) is 0 Å². The zero-order valence-corrected chi connectivity index (χ0v) is 10.7. The van der Waals surface area contributed by atoms with E-state index in [0.717, 1.165) is 5.69 Å². The smallest absolute Gasteiger partial charge is 0.111 e. The minimum Gasteiger partial charge on any atom is -0.398 e. The quantitative estimate of drug-likeness (QED) is 0.759. The standard InChI is InChI=1S/C15H14N4O/c16-14-6-7-17-9-13(14)15(20)11-8-18-19(10-11)12-4-2-1-3-5-12/h1-10,15,20H,(H2,16,17). The average Bonchev–Trinajstić information content (AvgIpc) is 2.98. The van der Waals surface area contributed by atoms with Crippen molar-refractivity contribution in [1.29, 1.82) is 0 Å². The van der Waals surface area contributed by atoms with E-state index in [1.54, 1.807) is 35.5 Å². The Kier molecular flexibility index (Phi) is 3.18. The normalized spacial score (nSPS) is 12.2. The fraction of sp³-hybridized carbons (Fsp3) is 0.0667. The number of rotatable bonds is 3. The molecule has 1 unspecified atom stereocenters. The van der Waals surface area contributed by atoms with Crippen LogP contribution in [-0.4, -0.2) is 19.9 Å². The molecular formula is C15H14N4O. The molecule has 3 rings (SSSR count). The molecule has 0 radical (unpaired) electrons. The zero-order valence-electron chi connectivity index (χ0n) is 10.7. The molecule has 5 nitrogen and oxygen atoms in total. The van der Waals surface area contributed by atoms with Crippen molar-refractivity contribution in [3.8, 4) is 5.69 Å². The van der Waals surface area contributed by atoms with Crippen molar-refractivity contribution in [3.63, 3.8) is 0 Å². The van der Waals surface area contributed by atoms with Crippen molar-refractivity contribution in [2.75, 3.05) is 5.73 Å². The number of benzene rings is 1. The number of nitrogens with two attached hydrogens (primary N) is 1. The molecule has 5 heteroatoms. The van der Waals surface area contributed by atoms with E-state index >= 15 is 0 Å². The van der Waals surface area contributed by atoms with Gasteiger partial charge in [0, 0.05) is 35.4 Å². The van der Waals surface area contributed by atoms with Gasteiger partial charge in [0.15, 0.2) is 0 Å². The van der Waals surface area contributed by atoms with Gasteiger partial charge < -0.3 is 10.8 Å². The van der Waals surface area contributed by atoms with Gasteiger partial charge in [-0.2, -0.15) is 5.10 Å². The molecule has 2 aromatic heterocycles. The second-order valence-electron chi connectivity index (χ2n) is 4.46. The molecule has 0 aliphatic carbocycles. The summed E-state index contributed by atoms with van der Waals surface area (Å²) in [5.41, 5.74) is 8.56. The van der Waals surface area contributed by atoms with Gasteiger partial charge in [0.05, 0.1) is 11.9 Å². The molecule has 1 atom stereocenters. The lowest BCUT2D eigenvalue weighted by Gasteiger charge is -2.10. The van der Waals surface area contributed by atoms with Gasteiger partial charge >= 0.3 is 0 Å². The van der Waals surface area contributed by atoms with Crippen LogP contribution in [-0.2, 0) is 0 Å². The van der Waals surface area contributed by atoms with E-state index in [1.165, 1.54) is 0 Å². The Bertz CT molecular complexity index is 709. The molecule has 2 heterocycles. The summed E-state index contributed by atoms with van der Waals surface area (Å²) in [6, 6.07) is 11.4. The number of nitrogens with zero attached hydrogens (tertiary/aromatic N) is 3. The van der Waals surface area contributed by atoms with Crippen molar-refractivity contribution < 1.29 is 5.11 Å². The fourth-order valence-electron chi connectivity index (χ4n) is 2.03. The second kappa shape index (κ2) is 5.14. The number of anilines is 1. The maximum Gasteiger partial charge on any atom is 0.111 e. The molecule has 3 N–H and O–H groups in total. The molecule has 20 heavy (non-hydrogen) atoms. The third-order valence-electron chi connectivity index (χ3n) is 3.12. The maximum absolute atomic E-state index is 10.4. The van der Waals surface area contributed by atoms with Gasteiger partial charge in [-0.25, -0.2) is 4.68 Å². The Morgan fingerprint density at radius 1 is 1.10 bits per heavy atom. The Balaban J connectivity index is 1.93. The third kappa shape index (κ3) is 2.26. The summed E-state index contributed by atoms with van der Waals surface area (Å²) in [6.45, 7) is 0. The maximum atomic E-state index is 10.4. The van der Waals surface area contributed by atoms with Gasteiger partial charge in [-0.05, 0) is 18.2 Å². The fourth-order valence-corrected chi connectivity index (χ4v) is 2.03. The second-order valence-corrected chi connectivity index (χ2v) is 4.46. The lowest BCUT2D eigenvalue weighted by molar-refractivity contribution is 0.220. The van der Waals surface area contributed by atoms with E-state index in [9.17, 15) is 5.11 Å². The monoisotopic (exact) mass is 266 g/mol. The minimum absolute atomic E-state index is 0.514. The van der Waals surface area contributed by atoms with Crippen LogP contribution in [0.2, 0.25) is 0 Å². The van der Waals surface area contributed by atoms with Crippen molar-refractivity contribution in [2.45, 2.75) is 6.10 Å². The van der Waals surface area contributed by atoms with Crippen molar-refractivity contribution in [2.24, 2.45) is 0 Å². The third-order valence-corrected chi connectivity index (χ3v) is 3.12. The summed E-state index contributed by atoms with van der Waals surface area (Å²) in [4.78, 5) is 3.99. The van der Waals surface area contributed by atoms with Crippen molar-refractivity contribution in [1.82, 2.24) is 14.8 Å². The molecule has 0 saturated heterocycles. The van der Waals surface area contributed by atoms with Gasteiger partial charge in [-0.3, -0.25) is 4.98 Å². The Morgan fingerprint density at radius 3 is 2.65 bits per heavy atom. The molecule has 0 bridgehead atoms. The molecular weight excluding hydrogens is 252 g/mol. The number of pyridine rings is 1. The van der Waals surface area contributed by atoms with E-state index in [-0.39, 0.29) is 0 Å². The molecule has 0 amide bonds. The SMILES string of the molecule is Nc1ccncc1C(O)c1cnn(-c2ccccc2)c1. The average molecular weight is 266 g/mol. The highest BCUT2D eigenvalue weighted by molar-refractivity contribution is 5.48. The van der Waals surface area contributed by atoms with Crippen molar-refractivity contribution >= 4 is 5.69 Å². The van der Waals surface area contributed by atoms with Crippen LogP contribution in [0, 0.1) is 0 Å². The minimum atomic E-state index is -0.832. The first kappa shape index (κ1) is 12.4. The number of aliphatic hydroxyl groups excluding tert-OH is 1. The predicted octanol–water partition coefficient (Wildman–Crippen LogP) is 1.93. The number of aliphatic hydroxyl groups is 1. The Morgan fingerprint density at radius 2 is 1.90 bits per heavy atom. The number of para-hydroxylation sites is 1. The van der Waals surface area contributed by atoms with Crippen LogP contribution in [0.15, 0.2) is 61.2 Å². The lowest BCUT2D eigenvalue weighted by atomic mass is 10.1. The van der Waals surface area contributed by atoms with Crippen LogP contribution >= 0.6 is 0 Å². The summed E-state index contributed by atoms with van der Waals surface area (Å²) in [5, 5.41) is 14.6. The van der Waals surface area contributed by atoms with Gasteiger partial charge in [0.25, 0.3) is 0 Å². The highest BCUT2D eigenvalue weighted by Crippen LogP contribution is 2.25. The molecule has 1 aromatic carbocycles. The topological polar surface area (TPSA) is 77.0 Å². The Labute approximate surface area is 116 Å². The van der Waals surface area contributed by atoms with E-state index in [1.807, 2.05) is 30.3 Å². The molecule has 0 saturated carbocycles. The Hall–Kier alpha value is -2.66. The van der Waals surface area contributed by atoms with E-state index in [0.29, 0.717) is 16.8 Å². The lowest BCUT2D eigenvalue weighted by Crippen LogP contribution is -2.03. The predicted molar refractivity (Wildman–Crippen MR) is 76.3 cm³/mol. The van der Waals surface area contributed by atoms with E-state index in [4.69, 9.17) is 5.73 Å². The van der Waals surface area contributed by atoms with E-state index < -0.39 is 6.10 Å². The summed E-state index contributed by atoms with van der Waals surface area (Å²) in [5.74, 6) is 0.